The number of benzene rings is 2. The number of nitrogens with zero attached hydrogens (tertiary/aromatic N) is 2. The largest absolute Gasteiger partial charge is 0.343 e. The molecule has 0 saturated carbocycles. The van der Waals surface area contributed by atoms with Crippen LogP contribution in [0.25, 0.3) is 0 Å². The second-order valence-corrected chi connectivity index (χ2v) is 8.95. The Morgan fingerprint density at radius 3 is 2.34 bits per heavy atom. The number of halogens is 2. The number of carbonyl (C=O) groups excluding carboxylic acids is 2. The number of hydrogen-bond acceptors (Lipinski definition) is 5. The van der Waals surface area contributed by atoms with Crippen LogP contribution in [-0.2, 0) is 14.8 Å². The van der Waals surface area contributed by atoms with Gasteiger partial charge < -0.3 is 5.32 Å². The molecule has 0 unspecified atom stereocenters. The van der Waals surface area contributed by atoms with E-state index in [9.17, 15) is 18.0 Å². The van der Waals surface area contributed by atoms with Crippen LogP contribution in [0.5, 0.6) is 0 Å². The molecule has 2 aromatic rings. The molecule has 0 radical (unpaired) electrons. The summed E-state index contributed by atoms with van der Waals surface area (Å²) in [6.07, 6.45) is 1.35. The van der Waals surface area contributed by atoms with E-state index in [0.717, 1.165) is 4.31 Å². The zero-order chi connectivity index (χ0) is 21.6. The molecule has 2 N–H and O–H groups in total. The number of nitrogens with one attached hydrogen (secondary N) is 2. The molecule has 0 heterocycles. The highest BCUT2D eigenvalue weighted by atomic mass is 35.5. The van der Waals surface area contributed by atoms with Gasteiger partial charge in [0.25, 0.3) is 11.8 Å². The second-order valence-electron chi connectivity index (χ2n) is 5.95. The lowest BCUT2D eigenvalue weighted by molar-refractivity contribution is -0.120. The van der Waals surface area contributed by atoms with Crippen LogP contribution in [0, 0.1) is 0 Å². The molecule has 2 aromatic carbocycles. The number of hydrogen-bond donors (Lipinski definition) is 2. The summed E-state index contributed by atoms with van der Waals surface area (Å²) in [5, 5.41) is 7.04. The van der Waals surface area contributed by atoms with Crippen LogP contribution < -0.4 is 10.7 Å². The highest BCUT2D eigenvalue weighted by Crippen LogP contribution is 2.19. The second kappa shape index (κ2) is 9.84. The van der Waals surface area contributed by atoms with Crippen LogP contribution in [0.2, 0.25) is 10.0 Å². The fourth-order valence-corrected chi connectivity index (χ4v) is 3.43. The Balaban J connectivity index is 1.88. The van der Waals surface area contributed by atoms with Crippen molar-refractivity contribution in [3.05, 3.63) is 63.6 Å². The molecule has 2 amide bonds. The summed E-state index contributed by atoms with van der Waals surface area (Å²) in [7, 11) is -0.750. The van der Waals surface area contributed by atoms with Gasteiger partial charge in [-0.3, -0.25) is 9.59 Å². The Bertz CT molecular complexity index is 1040. The highest BCUT2D eigenvalue weighted by molar-refractivity contribution is 7.89. The molecule has 2 rings (SSSR count). The van der Waals surface area contributed by atoms with Gasteiger partial charge in [-0.15, -0.1) is 0 Å². The van der Waals surface area contributed by atoms with E-state index < -0.39 is 21.8 Å². The summed E-state index contributed by atoms with van der Waals surface area (Å²) in [5.74, 6) is -1.08. The summed E-state index contributed by atoms with van der Waals surface area (Å²) in [6.45, 7) is -0.317. The molecular formula is C18H18Cl2N4O4S. The molecule has 29 heavy (non-hydrogen) atoms. The Labute approximate surface area is 178 Å². The van der Waals surface area contributed by atoms with Gasteiger partial charge in [0.15, 0.2) is 0 Å². The molecule has 0 bridgehead atoms. The lowest BCUT2D eigenvalue weighted by Gasteiger charge is -2.11. The van der Waals surface area contributed by atoms with E-state index in [-0.39, 0.29) is 17.0 Å². The molecule has 0 aliphatic rings. The van der Waals surface area contributed by atoms with Gasteiger partial charge in [-0.2, -0.15) is 5.10 Å². The van der Waals surface area contributed by atoms with Gasteiger partial charge in [0.1, 0.15) is 0 Å². The van der Waals surface area contributed by atoms with E-state index in [2.05, 4.69) is 15.8 Å². The number of sulfonamides is 1. The van der Waals surface area contributed by atoms with Gasteiger partial charge in [0, 0.05) is 30.2 Å². The van der Waals surface area contributed by atoms with Crippen LogP contribution in [0.3, 0.4) is 0 Å². The van der Waals surface area contributed by atoms with Gasteiger partial charge in [-0.1, -0.05) is 29.3 Å². The predicted octanol–water partition coefficient (Wildman–Crippen LogP) is 2.12. The van der Waals surface area contributed by atoms with Crippen molar-refractivity contribution in [3.8, 4) is 0 Å². The minimum Gasteiger partial charge on any atom is -0.343 e. The van der Waals surface area contributed by atoms with Crippen molar-refractivity contribution >= 4 is 51.3 Å². The average Bonchev–Trinajstić information content (AvgIpc) is 2.67. The molecule has 0 saturated heterocycles. The molecule has 0 atom stereocenters. The fourth-order valence-electron chi connectivity index (χ4n) is 2.07. The van der Waals surface area contributed by atoms with Gasteiger partial charge in [-0.05, 0) is 36.4 Å². The molecule has 154 valence electrons. The average molecular weight is 457 g/mol. The van der Waals surface area contributed by atoms with Crippen molar-refractivity contribution in [2.75, 3.05) is 20.6 Å². The molecule has 0 fully saturated rings. The summed E-state index contributed by atoms with van der Waals surface area (Å²) >= 11 is 11.8. The van der Waals surface area contributed by atoms with E-state index in [1.807, 2.05) is 0 Å². The van der Waals surface area contributed by atoms with Crippen LogP contribution in [-0.4, -0.2) is 51.4 Å². The predicted molar refractivity (Wildman–Crippen MR) is 112 cm³/mol. The SMILES string of the molecule is CN(C)S(=O)(=O)c1ccc(C(=O)NCC(=O)N/N=C/c2ccc(Cl)cc2Cl)cc1. The van der Waals surface area contributed by atoms with Gasteiger partial charge in [-0.25, -0.2) is 18.1 Å². The van der Waals surface area contributed by atoms with E-state index in [4.69, 9.17) is 23.2 Å². The first kappa shape index (κ1) is 22.8. The Hall–Kier alpha value is -2.46. The highest BCUT2D eigenvalue weighted by Gasteiger charge is 2.17. The lowest BCUT2D eigenvalue weighted by Crippen LogP contribution is -2.35. The minimum absolute atomic E-state index is 0.0620. The van der Waals surface area contributed by atoms with E-state index in [1.165, 1.54) is 44.6 Å². The van der Waals surface area contributed by atoms with E-state index >= 15 is 0 Å². The smallest absolute Gasteiger partial charge is 0.259 e. The maximum atomic E-state index is 12.1. The third-order valence-electron chi connectivity index (χ3n) is 3.66. The van der Waals surface area contributed by atoms with Crippen molar-refractivity contribution < 1.29 is 18.0 Å². The Kier molecular flexibility index (Phi) is 7.74. The molecule has 0 aliphatic carbocycles. The quantitative estimate of drug-likeness (QED) is 0.491. The number of carbonyl (C=O) groups is 2. The van der Waals surface area contributed by atoms with Gasteiger partial charge in [0.2, 0.25) is 10.0 Å². The molecule has 0 aliphatic heterocycles. The Morgan fingerprint density at radius 2 is 1.76 bits per heavy atom. The number of amides is 2. The zero-order valence-corrected chi connectivity index (χ0v) is 17.8. The summed E-state index contributed by atoms with van der Waals surface area (Å²) in [5.41, 5.74) is 3.04. The summed E-state index contributed by atoms with van der Waals surface area (Å²) in [6, 6.07) is 10.2. The lowest BCUT2D eigenvalue weighted by atomic mass is 10.2. The molecule has 8 nitrogen and oxygen atoms in total. The van der Waals surface area contributed by atoms with E-state index in [1.54, 1.807) is 18.2 Å². The summed E-state index contributed by atoms with van der Waals surface area (Å²) < 4.78 is 25.1. The minimum atomic E-state index is -3.58. The molecule has 0 spiro atoms. The normalized spacial score (nSPS) is 11.6. The van der Waals surface area contributed by atoms with E-state index in [0.29, 0.717) is 15.6 Å². The zero-order valence-electron chi connectivity index (χ0n) is 15.5. The van der Waals surface area contributed by atoms with Crippen LogP contribution in [0.15, 0.2) is 52.5 Å². The van der Waals surface area contributed by atoms with Gasteiger partial charge in [0.05, 0.1) is 22.7 Å². The van der Waals surface area contributed by atoms with Crippen LogP contribution in [0.4, 0.5) is 0 Å². The van der Waals surface area contributed by atoms with Crippen molar-refractivity contribution in [1.82, 2.24) is 15.0 Å². The molecule has 0 aromatic heterocycles. The van der Waals surface area contributed by atoms with Crippen molar-refractivity contribution in [3.63, 3.8) is 0 Å². The summed E-state index contributed by atoms with van der Waals surface area (Å²) in [4.78, 5) is 23.9. The number of rotatable bonds is 7. The first-order chi connectivity index (χ1) is 13.6. The maximum Gasteiger partial charge on any atom is 0.259 e. The topological polar surface area (TPSA) is 108 Å². The third kappa shape index (κ3) is 6.26. The van der Waals surface area contributed by atoms with Crippen molar-refractivity contribution in [2.24, 2.45) is 5.10 Å². The first-order valence-corrected chi connectivity index (χ1v) is 10.4. The Morgan fingerprint density at radius 1 is 1.10 bits per heavy atom. The van der Waals surface area contributed by atoms with Crippen LogP contribution in [0.1, 0.15) is 15.9 Å². The van der Waals surface area contributed by atoms with Crippen LogP contribution >= 0.6 is 23.2 Å². The molecule has 11 heteroatoms. The molecular weight excluding hydrogens is 439 g/mol. The maximum absolute atomic E-state index is 12.1. The first-order valence-electron chi connectivity index (χ1n) is 8.19. The van der Waals surface area contributed by atoms with Crippen molar-refractivity contribution in [1.29, 1.82) is 0 Å². The fraction of sp³-hybridized carbons (Fsp3) is 0.167. The van der Waals surface area contributed by atoms with Crippen molar-refractivity contribution in [2.45, 2.75) is 4.90 Å². The monoisotopic (exact) mass is 456 g/mol. The van der Waals surface area contributed by atoms with Gasteiger partial charge >= 0.3 is 0 Å². The standard InChI is InChI=1S/C18H18Cl2N4O4S/c1-24(2)29(27,28)15-7-4-12(5-8-15)18(26)21-11-17(25)23-22-10-13-3-6-14(19)9-16(13)20/h3-10H,11H2,1-2H3,(H,21,26)(H,23,25)/b22-10+. The number of hydrazone groups is 1. The third-order valence-corrected chi connectivity index (χ3v) is 6.05.